The second kappa shape index (κ2) is 9.61. The third-order valence-electron chi connectivity index (χ3n) is 5.79. The van der Waals surface area contributed by atoms with Crippen molar-refractivity contribution in [3.05, 3.63) is 66.6 Å². The molecule has 3 aromatic rings. The van der Waals surface area contributed by atoms with Gasteiger partial charge in [0.25, 0.3) is 0 Å². The molecule has 2 aromatic heterocycles. The van der Waals surface area contributed by atoms with Crippen LogP contribution in [0.5, 0.6) is 5.75 Å². The van der Waals surface area contributed by atoms with Crippen molar-refractivity contribution in [3.63, 3.8) is 0 Å². The highest BCUT2D eigenvalue weighted by Gasteiger charge is 2.44. The highest BCUT2D eigenvalue weighted by atomic mass is 32.1. The number of pyridine rings is 2. The number of nitrogens with one attached hydrogen (secondary N) is 2. The molecule has 178 valence electrons. The molecule has 0 spiro atoms. The number of amides is 1. The first-order valence-electron chi connectivity index (χ1n) is 11.3. The molecular weight excluding hydrogens is 450 g/mol. The van der Waals surface area contributed by atoms with Crippen LogP contribution in [0.4, 0.5) is 11.5 Å². The van der Waals surface area contributed by atoms with Gasteiger partial charge in [-0.3, -0.25) is 9.78 Å². The Labute approximate surface area is 205 Å². The van der Waals surface area contributed by atoms with E-state index in [0.717, 1.165) is 29.7 Å². The van der Waals surface area contributed by atoms with E-state index in [9.17, 15) is 10.0 Å². The van der Waals surface area contributed by atoms with E-state index in [-0.39, 0.29) is 11.9 Å². The summed E-state index contributed by atoms with van der Waals surface area (Å²) in [6.07, 6.45) is 5.26. The molecule has 1 unspecified atom stereocenters. The van der Waals surface area contributed by atoms with Crippen LogP contribution in [-0.2, 0) is 10.2 Å². The van der Waals surface area contributed by atoms with Gasteiger partial charge < -0.3 is 10.1 Å². The lowest BCUT2D eigenvalue weighted by molar-refractivity contribution is -0.981. The fourth-order valence-electron chi connectivity index (χ4n) is 3.51. The Morgan fingerprint density at radius 3 is 2.59 bits per heavy atom. The minimum atomic E-state index is -0.909. The average molecular weight is 481 g/mol. The van der Waals surface area contributed by atoms with Crippen LogP contribution in [0.1, 0.15) is 39.3 Å². The number of aromatic nitrogens is 2. The molecule has 34 heavy (non-hydrogen) atoms. The number of hydroxylamine groups is 1. The molecule has 1 aliphatic carbocycles. The highest BCUT2D eigenvalue weighted by Crippen LogP contribution is 2.34. The number of hydrogen-bond acceptors (Lipinski definition) is 7. The summed E-state index contributed by atoms with van der Waals surface area (Å²) in [5.74, 6) is 0.980. The normalized spacial score (nSPS) is 15.3. The molecule has 1 saturated carbocycles. The molecule has 8 nitrogen and oxygen atoms in total. The second-order valence-electron chi connectivity index (χ2n) is 8.90. The summed E-state index contributed by atoms with van der Waals surface area (Å²) in [7, 11) is 0. The van der Waals surface area contributed by atoms with Crippen LogP contribution in [0, 0.1) is 0 Å². The molecule has 0 bridgehead atoms. The largest absolute Gasteiger partial charge is 0.492 e. The number of carbonyl (C=O) groups excluding carboxylic acids is 1. The molecule has 1 aromatic carbocycles. The Bertz CT molecular complexity index is 1160. The molecule has 1 amide bonds. The highest BCUT2D eigenvalue weighted by molar-refractivity contribution is 7.74. The number of quaternary nitrogens is 1. The number of benzene rings is 1. The Hall–Kier alpha value is -3.14. The number of ether oxygens (including phenoxy) is 1. The van der Waals surface area contributed by atoms with Crippen molar-refractivity contribution in [1.82, 2.24) is 9.97 Å². The smallest absolute Gasteiger partial charge is 0.236 e. The van der Waals surface area contributed by atoms with Crippen molar-refractivity contribution in [3.8, 4) is 16.9 Å². The maximum absolute atomic E-state index is 13.2. The molecule has 1 atom stereocenters. The van der Waals surface area contributed by atoms with Gasteiger partial charge in [-0.25, -0.2) is 4.98 Å². The SMILES string of the molecule is CCOc1cncc(-c2ccc(NC(=O)C(C)(C)c3cccc(N[N+](O)(S)C4CC4)n3)cc2)c1. The van der Waals surface area contributed by atoms with Crippen LogP contribution in [0.3, 0.4) is 0 Å². The van der Waals surface area contributed by atoms with Crippen LogP contribution < -0.4 is 15.5 Å². The molecule has 3 N–H and O–H groups in total. The molecule has 9 heteroatoms. The van der Waals surface area contributed by atoms with Crippen molar-refractivity contribution < 1.29 is 18.9 Å². The predicted octanol–water partition coefficient (Wildman–Crippen LogP) is 5.00. The van der Waals surface area contributed by atoms with Crippen molar-refractivity contribution in [2.24, 2.45) is 0 Å². The summed E-state index contributed by atoms with van der Waals surface area (Å²) in [6, 6.07) is 14.9. The van der Waals surface area contributed by atoms with Crippen LogP contribution in [0.25, 0.3) is 11.1 Å². The molecular formula is C25H30N5O3S+. The molecule has 0 saturated heterocycles. The Morgan fingerprint density at radius 2 is 1.91 bits per heavy atom. The number of thiol groups is 1. The van der Waals surface area contributed by atoms with Gasteiger partial charge in [-0.1, -0.05) is 18.2 Å². The predicted molar refractivity (Wildman–Crippen MR) is 134 cm³/mol. The van der Waals surface area contributed by atoms with Gasteiger partial charge in [-0.2, -0.15) is 10.6 Å². The molecule has 0 aliphatic heterocycles. The third kappa shape index (κ3) is 5.49. The van der Waals surface area contributed by atoms with Crippen LogP contribution >= 0.6 is 12.8 Å². The lowest BCUT2D eigenvalue weighted by Crippen LogP contribution is -2.43. The van der Waals surface area contributed by atoms with Gasteiger partial charge in [-0.15, -0.1) is 0 Å². The number of carbonyl (C=O) groups is 1. The zero-order valence-electron chi connectivity index (χ0n) is 19.5. The summed E-state index contributed by atoms with van der Waals surface area (Å²) >= 11 is 4.27. The monoisotopic (exact) mass is 480 g/mol. The van der Waals surface area contributed by atoms with Crippen molar-refractivity contribution in [2.45, 2.75) is 45.1 Å². The van der Waals surface area contributed by atoms with Gasteiger partial charge in [0.1, 0.15) is 18.6 Å². The van der Waals surface area contributed by atoms with E-state index in [1.54, 1.807) is 30.6 Å². The Kier molecular flexibility index (Phi) is 6.79. The lowest BCUT2D eigenvalue weighted by Gasteiger charge is -2.26. The Balaban J connectivity index is 1.45. The first-order chi connectivity index (χ1) is 16.2. The topological polar surface area (TPSA) is 96.4 Å². The van der Waals surface area contributed by atoms with E-state index < -0.39 is 9.58 Å². The number of nitrogens with zero attached hydrogens (tertiary/aromatic N) is 3. The van der Waals surface area contributed by atoms with Crippen LogP contribution in [-0.4, -0.2) is 37.9 Å². The van der Waals surface area contributed by atoms with Crippen molar-refractivity contribution >= 4 is 30.2 Å². The van der Waals surface area contributed by atoms with Gasteiger partial charge in [0.05, 0.1) is 23.9 Å². The minimum Gasteiger partial charge on any atom is -0.492 e. The molecule has 1 fully saturated rings. The van der Waals surface area contributed by atoms with Crippen molar-refractivity contribution in [2.75, 3.05) is 17.3 Å². The van der Waals surface area contributed by atoms with E-state index in [4.69, 9.17) is 4.74 Å². The van der Waals surface area contributed by atoms with Gasteiger partial charge in [0, 0.05) is 30.3 Å². The lowest BCUT2D eigenvalue weighted by atomic mass is 9.87. The molecule has 4 rings (SSSR count). The average Bonchev–Trinajstić information content (AvgIpc) is 3.66. The van der Waals surface area contributed by atoms with E-state index in [1.807, 2.05) is 51.1 Å². The maximum atomic E-state index is 13.2. The summed E-state index contributed by atoms with van der Waals surface area (Å²) in [6.45, 7) is 6.14. The molecule has 0 radical (unpaired) electrons. The van der Waals surface area contributed by atoms with Gasteiger partial charge in [0.2, 0.25) is 5.91 Å². The third-order valence-corrected chi connectivity index (χ3v) is 6.22. The van der Waals surface area contributed by atoms with Gasteiger partial charge in [-0.05, 0) is 60.8 Å². The van der Waals surface area contributed by atoms with E-state index in [0.29, 0.717) is 23.8 Å². The molecule has 1 aliphatic rings. The van der Waals surface area contributed by atoms with Crippen molar-refractivity contribution in [1.29, 1.82) is 0 Å². The fraction of sp³-hybridized carbons (Fsp3) is 0.320. The van der Waals surface area contributed by atoms with Gasteiger partial charge in [0.15, 0.2) is 11.9 Å². The fourth-order valence-corrected chi connectivity index (χ4v) is 3.84. The summed E-state index contributed by atoms with van der Waals surface area (Å²) < 4.78 is 4.91. The number of hydrogen-bond donors (Lipinski definition) is 4. The Morgan fingerprint density at radius 1 is 1.18 bits per heavy atom. The second-order valence-corrected chi connectivity index (χ2v) is 9.51. The van der Waals surface area contributed by atoms with Crippen LogP contribution in [0.15, 0.2) is 60.9 Å². The summed E-state index contributed by atoms with van der Waals surface area (Å²) in [5, 5.41) is 13.4. The van der Waals surface area contributed by atoms with Crippen LogP contribution in [0.2, 0.25) is 0 Å². The summed E-state index contributed by atoms with van der Waals surface area (Å²) in [4.78, 5) is 21.9. The summed E-state index contributed by atoms with van der Waals surface area (Å²) in [5.41, 5.74) is 5.17. The zero-order valence-corrected chi connectivity index (χ0v) is 20.4. The maximum Gasteiger partial charge on any atom is 0.236 e. The van der Waals surface area contributed by atoms with Gasteiger partial charge >= 0.3 is 0 Å². The van der Waals surface area contributed by atoms with E-state index in [1.165, 1.54) is 0 Å². The zero-order chi connectivity index (χ0) is 24.3. The number of anilines is 2. The molecule has 2 heterocycles. The minimum absolute atomic E-state index is 0.0329. The van der Waals surface area contributed by atoms with E-state index in [2.05, 4.69) is 33.5 Å². The quantitative estimate of drug-likeness (QED) is 0.196. The first-order valence-corrected chi connectivity index (χ1v) is 11.7. The number of rotatable bonds is 9. The first kappa shape index (κ1) is 24.0. The standard InChI is InChI=1S/C25H29N5O3S/c1-4-33-21-14-18(15-26-16-21)17-8-10-19(11-9-17)27-24(31)25(2,3)22-6-5-7-23(28-22)29-30(32,34)20-12-13-20/h5-11,14-16,20,32,34H,4,12-13H2,1-3H3,(H-,27,28,29,31)/p+1. The van der Waals surface area contributed by atoms with E-state index >= 15 is 0 Å².